The number of carbonyl (C=O) groups excluding carboxylic acids is 1. The average Bonchev–Trinajstić information content (AvgIpc) is 2.89. The summed E-state index contributed by atoms with van der Waals surface area (Å²) in [5.74, 6) is 0.554. The summed E-state index contributed by atoms with van der Waals surface area (Å²) >= 11 is 0. The summed E-state index contributed by atoms with van der Waals surface area (Å²) in [6.07, 6.45) is 0. The molecule has 1 amide bonds. The highest BCUT2D eigenvalue weighted by Crippen LogP contribution is 2.11. The number of benzene rings is 2. The number of methoxy groups -OCH3 is 1. The molecule has 0 atom stereocenters. The standard InChI is InChI=1S/C17H17N3O3/c1-23-13-8-6-12(7-9-13)10-18-16(21)11-20-15-5-3-2-4-14(15)19-17(20)22/h2-9H,10-11H2,1H3,(H,18,21)(H,19,22). The van der Waals surface area contributed by atoms with Crippen LogP contribution in [0.1, 0.15) is 5.56 Å². The minimum atomic E-state index is -0.286. The number of H-pyrrole nitrogens is 1. The van der Waals surface area contributed by atoms with E-state index in [2.05, 4.69) is 10.3 Å². The first-order chi connectivity index (χ1) is 11.2. The summed E-state index contributed by atoms with van der Waals surface area (Å²) in [7, 11) is 1.61. The molecular weight excluding hydrogens is 294 g/mol. The van der Waals surface area contributed by atoms with Crippen molar-refractivity contribution in [2.45, 2.75) is 13.1 Å². The van der Waals surface area contributed by atoms with E-state index in [4.69, 9.17) is 4.74 Å². The topological polar surface area (TPSA) is 76.1 Å². The zero-order valence-corrected chi connectivity index (χ0v) is 12.7. The Morgan fingerprint density at radius 1 is 1.17 bits per heavy atom. The predicted molar refractivity (Wildman–Crippen MR) is 87.4 cm³/mol. The normalized spacial score (nSPS) is 10.7. The van der Waals surface area contributed by atoms with Crippen LogP contribution < -0.4 is 15.7 Å². The van der Waals surface area contributed by atoms with E-state index in [1.54, 1.807) is 7.11 Å². The second-order valence-corrected chi connectivity index (χ2v) is 5.16. The van der Waals surface area contributed by atoms with Crippen LogP contribution in [0.25, 0.3) is 11.0 Å². The number of hydrogen-bond donors (Lipinski definition) is 2. The molecule has 1 heterocycles. The molecule has 1 aromatic heterocycles. The van der Waals surface area contributed by atoms with E-state index in [1.165, 1.54) is 4.57 Å². The van der Waals surface area contributed by atoms with Gasteiger partial charge < -0.3 is 15.0 Å². The van der Waals surface area contributed by atoms with Gasteiger partial charge in [0.05, 0.1) is 18.1 Å². The van der Waals surface area contributed by atoms with Crippen LogP contribution in [0.15, 0.2) is 53.3 Å². The molecule has 3 aromatic rings. The van der Waals surface area contributed by atoms with Crippen molar-refractivity contribution in [1.29, 1.82) is 0 Å². The quantitative estimate of drug-likeness (QED) is 0.752. The van der Waals surface area contributed by atoms with E-state index >= 15 is 0 Å². The SMILES string of the molecule is COc1ccc(CNC(=O)Cn2c(=O)[nH]c3ccccc32)cc1. The van der Waals surface area contributed by atoms with Gasteiger partial charge >= 0.3 is 5.69 Å². The Balaban J connectivity index is 1.66. The molecule has 2 aromatic carbocycles. The number of imidazole rings is 1. The first kappa shape index (κ1) is 14.9. The van der Waals surface area contributed by atoms with E-state index in [0.717, 1.165) is 22.3 Å². The lowest BCUT2D eigenvalue weighted by Crippen LogP contribution is -2.30. The van der Waals surface area contributed by atoms with Crippen LogP contribution in [0.2, 0.25) is 0 Å². The van der Waals surface area contributed by atoms with Gasteiger partial charge in [-0.25, -0.2) is 4.79 Å². The zero-order valence-electron chi connectivity index (χ0n) is 12.7. The van der Waals surface area contributed by atoms with Crippen LogP contribution in [-0.4, -0.2) is 22.6 Å². The zero-order chi connectivity index (χ0) is 16.2. The van der Waals surface area contributed by atoms with E-state index in [1.807, 2.05) is 48.5 Å². The number of rotatable bonds is 5. The molecule has 0 spiro atoms. The summed E-state index contributed by atoms with van der Waals surface area (Å²) in [5, 5.41) is 2.81. The van der Waals surface area contributed by atoms with Crippen LogP contribution in [-0.2, 0) is 17.9 Å². The molecule has 23 heavy (non-hydrogen) atoms. The molecule has 0 radical (unpaired) electrons. The average molecular weight is 311 g/mol. The highest BCUT2D eigenvalue weighted by atomic mass is 16.5. The summed E-state index contributed by atoms with van der Waals surface area (Å²) in [6.45, 7) is 0.388. The molecular formula is C17H17N3O3. The number of carbonyl (C=O) groups is 1. The molecule has 0 bridgehead atoms. The van der Waals surface area contributed by atoms with Crippen LogP contribution in [0.5, 0.6) is 5.75 Å². The number of ether oxygens (including phenoxy) is 1. The smallest absolute Gasteiger partial charge is 0.326 e. The van der Waals surface area contributed by atoms with Crippen molar-refractivity contribution in [1.82, 2.24) is 14.9 Å². The fourth-order valence-electron chi connectivity index (χ4n) is 2.41. The van der Waals surface area contributed by atoms with Gasteiger partial charge in [0, 0.05) is 6.54 Å². The number of hydrogen-bond acceptors (Lipinski definition) is 3. The molecule has 0 fully saturated rings. The van der Waals surface area contributed by atoms with Gasteiger partial charge in [-0.1, -0.05) is 24.3 Å². The second-order valence-electron chi connectivity index (χ2n) is 5.16. The third-order valence-corrected chi connectivity index (χ3v) is 3.63. The maximum Gasteiger partial charge on any atom is 0.326 e. The summed E-state index contributed by atoms with van der Waals surface area (Å²) in [4.78, 5) is 26.8. The number of amides is 1. The number of aromatic amines is 1. The molecule has 0 aliphatic carbocycles. The third kappa shape index (κ3) is 3.26. The fraction of sp³-hybridized carbons (Fsp3) is 0.176. The van der Waals surface area contributed by atoms with E-state index in [9.17, 15) is 9.59 Å². The Morgan fingerprint density at radius 2 is 1.91 bits per heavy atom. The highest BCUT2D eigenvalue weighted by molar-refractivity contribution is 5.80. The fourth-order valence-corrected chi connectivity index (χ4v) is 2.41. The Hall–Kier alpha value is -3.02. The van der Waals surface area contributed by atoms with Crippen molar-refractivity contribution in [3.05, 3.63) is 64.6 Å². The Bertz CT molecular complexity index is 878. The molecule has 6 nitrogen and oxygen atoms in total. The van der Waals surface area contributed by atoms with Gasteiger partial charge in [0.25, 0.3) is 0 Å². The first-order valence-electron chi connectivity index (χ1n) is 7.24. The lowest BCUT2D eigenvalue weighted by atomic mass is 10.2. The Morgan fingerprint density at radius 3 is 2.65 bits per heavy atom. The lowest BCUT2D eigenvalue weighted by molar-refractivity contribution is -0.121. The van der Waals surface area contributed by atoms with Crippen LogP contribution in [0, 0.1) is 0 Å². The molecule has 3 rings (SSSR count). The lowest BCUT2D eigenvalue weighted by Gasteiger charge is -2.07. The van der Waals surface area contributed by atoms with E-state index in [-0.39, 0.29) is 18.1 Å². The van der Waals surface area contributed by atoms with Crippen LogP contribution in [0.4, 0.5) is 0 Å². The van der Waals surface area contributed by atoms with Gasteiger partial charge in [-0.15, -0.1) is 0 Å². The minimum Gasteiger partial charge on any atom is -0.497 e. The molecule has 0 unspecified atom stereocenters. The largest absolute Gasteiger partial charge is 0.497 e. The number of nitrogens with one attached hydrogen (secondary N) is 2. The van der Waals surface area contributed by atoms with Crippen LogP contribution >= 0.6 is 0 Å². The van der Waals surface area contributed by atoms with Gasteiger partial charge in [-0.3, -0.25) is 9.36 Å². The van der Waals surface area contributed by atoms with Crippen LogP contribution in [0.3, 0.4) is 0 Å². The highest BCUT2D eigenvalue weighted by Gasteiger charge is 2.10. The van der Waals surface area contributed by atoms with Crippen molar-refractivity contribution >= 4 is 16.9 Å². The third-order valence-electron chi connectivity index (χ3n) is 3.63. The van der Waals surface area contributed by atoms with Gasteiger partial charge in [0.1, 0.15) is 12.3 Å². The van der Waals surface area contributed by atoms with Crippen molar-refractivity contribution in [3.8, 4) is 5.75 Å². The van der Waals surface area contributed by atoms with Crippen molar-refractivity contribution < 1.29 is 9.53 Å². The van der Waals surface area contributed by atoms with Gasteiger partial charge in [0.2, 0.25) is 5.91 Å². The number of aromatic nitrogens is 2. The van der Waals surface area contributed by atoms with Crippen molar-refractivity contribution in [3.63, 3.8) is 0 Å². The Kier molecular flexibility index (Phi) is 4.14. The number of para-hydroxylation sites is 2. The molecule has 0 aliphatic rings. The molecule has 0 saturated heterocycles. The number of fused-ring (bicyclic) bond motifs is 1. The van der Waals surface area contributed by atoms with Gasteiger partial charge in [0.15, 0.2) is 0 Å². The maximum atomic E-state index is 12.1. The van der Waals surface area contributed by atoms with Gasteiger partial charge in [-0.2, -0.15) is 0 Å². The van der Waals surface area contributed by atoms with E-state index < -0.39 is 0 Å². The predicted octanol–water partition coefficient (Wildman–Crippen LogP) is 1.65. The van der Waals surface area contributed by atoms with E-state index in [0.29, 0.717) is 6.54 Å². The van der Waals surface area contributed by atoms with Crippen molar-refractivity contribution in [2.24, 2.45) is 0 Å². The molecule has 0 saturated carbocycles. The first-order valence-corrected chi connectivity index (χ1v) is 7.24. The second kappa shape index (κ2) is 6.39. The molecule has 118 valence electrons. The monoisotopic (exact) mass is 311 g/mol. The summed E-state index contributed by atoms with van der Waals surface area (Å²) in [6, 6.07) is 14.7. The Labute approximate surface area is 132 Å². The van der Waals surface area contributed by atoms with Gasteiger partial charge in [-0.05, 0) is 29.8 Å². The summed E-state index contributed by atoms with van der Waals surface area (Å²) in [5.41, 5.74) is 2.12. The summed E-state index contributed by atoms with van der Waals surface area (Å²) < 4.78 is 6.52. The number of nitrogens with zero attached hydrogens (tertiary/aromatic N) is 1. The molecule has 0 aliphatic heterocycles. The molecule has 6 heteroatoms. The molecule has 2 N–H and O–H groups in total. The van der Waals surface area contributed by atoms with Crippen molar-refractivity contribution in [2.75, 3.05) is 7.11 Å². The maximum absolute atomic E-state index is 12.1. The minimum absolute atomic E-state index is 0.0149.